The van der Waals surface area contributed by atoms with E-state index in [1.165, 1.54) is 11.1 Å². The normalized spacial score (nSPS) is 21.9. The van der Waals surface area contributed by atoms with Crippen LogP contribution in [0.5, 0.6) is 0 Å². The van der Waals surface area contributed by atoms with E-state index in [0.29, 0.717) is 6.54 Å². The van der Waals surface area contributed by atoms with E-state index in [9.17, 15) is 0 Å². The predicted octanol–water partition coefficient (Wildman–Crippen LogP) is 5.67. The van der Waals surface area contributed by atoms with Crippen LogP contribution >= 0.6 is 0 Å². The minimum absolute atomic E-state index is 0.152. The number of rotatable bonds is 4. The number of hydrogen-bond donors (Lipinski definition) is 0. The number of amidine groups is 1. The molecule has 0 aliphatic carbocycles. The van der Waals surface area contributed by atoms with Crippen molar-refractivity contribution in [2.75, 3.05) is 0 Å². The summed E-state index contributed by atoms with van der Waals surface area (Å²) in [5, 5.41) is 7.20. The zero-order valence-corrected chi connectivity index (χ0v) is 17.3. The Hall–Kier alpha value is -3.20. The van der Waals surface area contributed by atoms with E-state index >= 15 is 0 Å². The Morgan fingerprint density at radius 2 is 1.45 bits per heavy atom. The van der Waals surface area contributed by atoms with E-state index < -0.39 is 0 Å². The summed E-state index contributed by atoms with van der Waals surface area (Å²) in [6.07, 6.45) is 0. The van der Waals surface area contributed by atoms with E-state index in [2.05, 4.69) is 105 Å². The van der Waals surface area contributed by atoms with Crippen LogP contribution in [0.1, 0.15) is 37.5 Å². The van der Waals surface area contributed by atoms with Crippen molar-refractivity contribution >= 4 is 11.5 Å². The van der Waals surface area contributed by atoms with Gasteiger partial charge in [-0.25, -0.2) is 5.01 Å². The van der Waals surface area contributed by atoms with Gasteiger partial charge in [-0.15, -0.1) is 0 Å². The van der Waals surface area contributed by atoms with Crippen molar-refractivity contribution in [3.63, 3.8) is 0 Å². The third kappa shape index (κ3) is 3.61. The number of benzene rings is 3. The van der Waals surface area contributed by atoms with Gasteiger partial charge in [0, 0.05) is 0 Å². The van der Waals surface area contributed by atoms with Crippen molar-refractivity contribution in [2.24, 2.45) is 10.1 Å². The molecule has 146 valence electrons. The molecular formula is C26H27N3. The van der Waals surface area contributed by atoms with Gasteiger partial charge in [0.2, 0.25) is 0 Å². The Morgan fingerprint density at radius 1 is 0.897 bits per heavy atom. The highest BCUT2D eigenvalue weighted by Gasteiger charge is 2.47. The lowest BCUT2D eigenvalue weighted by Crippen LogP contribution is -2.45. The Kier molecular flexibility index (Phi) is 5.30. The van der Waals surface area contributed by atoms with Gasteiger partial charge in [-0.1, -0.05) is 91.0 Å². The smallest absolute Gasteiger partial charge is 0.117 e. The lowest BCUT2D eigenvalue weighted by molar-refractivity contribution is 0.311. The third-order valence-electron chi connectivity index (χ3n) is 5.99. The Labute approximate surface area is 173 Å². The van der Waals surface area contributed by atoms with Crippen LogP contribution in [-0.2, 0) is 12.0 Å². The first-order chi connectivity index (χ1) is 14.1. The summed E-state index contributed by atoms with van der Waals surface area (Å²) in [6, 6.07) is 31.7. The largest absolute Gasteiger partial charge is 0.266 e. The van der Waals surface area contributed by atoms with Gasteiger partial charge in [0.25, 0.3) is 0 Å². The molecule has 0 saturated carbocycles. The SMILES string of the molecule is CC(=NCc1ccccc1)N1N=C(c2ccccc2)[C@@](C)(c2ccccc2)[C@@H]1C. The molecule has 4 rings (SSSR count). The molecule has 0 fully saturated rings. The van der Waals surface area contributed by atoms with Crippen LogP contribution in [0.25, 0.3) is 0 Å². The highest BCUT2D eigenvalue weighted by Crippen LogP contribution is 2.40. The molecule has 0 unspecified atom stereocenters. The molecule has 3 aromatic carbocycles. The van der Waals surface area contributed by atoms with Gasteiger partial charge >= 0.3 is 0 Å². The van der Waals surface area contributed by atoms with Crippen LogP contribution in [0.2, 0.25) is 0 Å². The van der Waals surface area contributed by atoms with Crippen LogP contribution < -0.4 is 0 Å². The number of hydrogen-bond acceptors (Lipinski definition) is 2. The maximum absolute atomic E-state index is 5.10. The van der Waals surface area contributed by atoms with Gasteiger partial charge in [-0.05, 0) is 37.5 Å². The quantitative estimate of drug-likeness (QED) is 0.423. The van der Waals surface area contributed by atoms with E-state index in [0.717, 1.165) is 17.1 Å². The summed E-state index contributed by atoms with van der Waals surface area (Å²) >= 11 is 0. The fourth-order valence-electron chi connectivity index (χ4n) is 4.07. The molecule has 0 amide bonds. The lowest BCUT2D eigenvalue weighted by atomic mass is 9.71. The molecule has 3 heteroatoms. The lowest BCUT2D eigenvalue weighted by Gasteiger charge is -2.34. The average Bonchev–Trinajstić information content (AvgIpc) is 3.06. The van der Waals surface area contributed by atoms with Crippen LogP contribution in [0.3, 0.4) is 0 Å². The first-order valence-corrected chi connectivity index (χ1v) is 10.1. The van der Waals surface area contributed by atoms with Crippen LogP contribution in [0.15, 0.2) is 101 Å². The summed E-state index contributed by atoms with van der Waals surface area (Å²) in [5.41, 5.74) is 4.49. The van der Waals surface area contributed by atoms with Crippen molar-refractivity contribution in [1.29, 1.82) is 0 Å². The van der Waals surface area contributed by atoms with Crippen molar-refractivity contribution < 1.29 is 0 Å². The molecule has 0 spiro atoms. The molecular weight excluding hydrogens is 354 g/mol. The van der Waals surface area contributed by atoms with Crippen molar-refractivity contribution in [1.82, 2.24) is 5.01 Å². The molecule has 0 radical (unpaired) electrons. The van der Waals surface area contributed by atoms with E-state index in [1.807, 2.05) is 12.1 Å². The topological polar surface area (TPSA) is 28.0 Å². The first-order valence-electron chi connectivity index (χ1n) is 10.1. The second-order valence-electron chi connectivity index (χ2n) is 7.75. The molecule has 0 aromatic heterocycles. The van der Waals surface area contributed by atoms with Gasteiger partial charge in [-0.3, -0.25) is 4.99 Å². The van der Waals surface area contributed by atoms with Gasteiger partial charge in [-0.2, -0.15) is 5.10 Å². The first kappa shape index (κ1) is 19.1. The number of nitrogens with zero attached hydrogens (tertiary/aromatic N) is 3. The van der Waals surface area contributed by atoms with Crippen molar-refractivity contribution in [2.45, 2.75) is 38.8 Å². The van der Waals surface area contributed by atoms with Gasteiger partial charge < -0.3 is 0 Å². The molecule has 0 bridgehead atoms. The summed E-state index contributed by atoms with van der Waals surface area (Å²) in [7, 11) is 0. The highest BCUT2D eigenvalue weighted by molar-refractivity contribution is 6.10. The summed E-state index contributed by atoms with van der Waals surface area (Å²) in [6.45, 7) is 7.26. The summed E-state index contributed by atoms with van der Waals surface area (Å²) in [5.74, 6) is 0.939. The number of hydrazone groups is 1. The zero-order valence-electron chi connectivity index (χ0n) is 17.3. The maximum Gasteiger partial charge on any atom is 0.117 e. The second kappa shape index (κ2) is 8.04. The van der Waals surface area contributed by atoms with E-state index in [-0.39, 0.29) is 11.5 Å². The van der Waals surface area contributed by atoms with Gasteiger partial charge in [0.05, 0.1) is 23.7 Å². The molecule has 29 heavy (non-hydrogen) atoms. The van der Waals surface area contributed by atoms with Crippen molar-refractivity contribution in [3.8, 4) is 0 Å². The molecule has 1 heterocycles. The Balaban J connectivity index is 1.73. The van der Waals surface area contributed by atoms with Crippen molar-refractivity contribution in [3.05, 3.63) is 108 Å². The molecule has 1 aliphatic rings. The fourth-order valence-corrected chi connectivity index (χ4v) is 4.07. The van der Waals surface area contributed by atoms with E-state index in [4.69, 9.17) is 10.1 Å². The number of aliphatic imine (C=N–C) groups is 1. The zero-order chi connectivity index (χ0) is 20.3. The monoisotopic (exact) mass is 381 g/mol. The molecule has 0 N–H and O–H groups in total. The predicted molar refractivity (Wildman–Crippen MR) is 121 cm³/mol. The minimum atomic E-state index is -0.230. The van der Waals surface area contributed by atoms with Gasteiger partial charge in [0.15, 0.2) is 0 Å². The van der Waals surface area contributed by atoms with E-state index in [1.54, 1.807) is 0 Å². The van der Waals surface area contributed by atoms with Crippen LogP contribution in [-0.4, -0.2) is 22.6 Å². The van der Waals surface area contributed by atoms with Gasteiger partial charge in [0.1, 0.15) is 5.84 Å². The molecule has 3 nitrogen and oxygen atoms in total. The second-order valence-corrected chi connectivity index (χ2v) is 7.75. The highest BCUT2D eigenvalue weighted by atomic mass is 15.5. The minimum Gasteiger partial charge on any atom is -0.266 e. The van der Waals surface area contributed by atoms with Crippen LogP contribution in [0.4, 0.5) is 0 Å². The fraction of sp³-hybridized carbons (Fsp3) is 0.231. The third-order valence-corrected chi connectivity index (χ3v) is 5.99. The average molecular weight is 382 g/mol. The molecule has 3 aromatic rings. The Bertz CT molecular complexity index is 1010. The summed E-state index contributed by atoms with van der Waals surface area (Å²) < 4.78 is 0. The van der Waals surface area contributed by atoms with Crippen LogP contribution in [0, 0.1) is 0 Å². The Morgan fingerprint density at radius 3 is 2.07 bits per heavy atom. The molecule has 0 saturated heterocycles. The molecule has 2 atom stereocenters. The summed E-state index contributed by atoms with van der Waals surface area (Å²) in [4.78, 5) is 4.85. The molecule has 1 aliphatic heterocycles. The maximum atomic E-state index is 5.10. The standard InChI is InChI=1S/C26H27N3/c1-20-26(3,24-17-11-6-12-18-24)25(23-15-9-5-10-16-23)28-29(20)21(2)27-19-22-13-7-4-8-14-22/h4-18,20H,19H2,1-3H3/t20-,26+/m0/s1.